The molecule has 0 aliphatic carbocycles. The molecule has 1 N–H and O–H groups in total. The molecule has 0 aliphatic heterocycles. The molecule has 1 aromatic carbocycles. The predicted octanol–water partition coefficient (Wildman–Crippen LogP) is 3.31. The average molecular weight is 259 g/mol. The normalized spacial score (nSPS) is 9.83. The lowest BCUT2D eigenvalue weighted by Gasteiger charge is -2.08. The fraction of sp³-hybridized carbons (Fsp3) is 0.154. The highest BCUT2D eigenvalue weighted by Crippen LogP contribution is 2.20. The Balaban J connectivity index is 2.34. The van der Waals surface area contributed by atoms with Crippen molar-refractivity contribution in [2.45, 2.75) is 13.3 Å². The number of para-hydroxylation sites is 1. The summed E-state index contributed by atoms with van der Waals surface area (Å²) < 4.78 is 0. The van der Waals surface area contributed by atoms with E-state index in [0.29, 0.717) is 34.5 Å². The maximum Gasteiger partial charge on any atom is 0.135 e. The number of nitrogens with zero attached hydrogens (tertiary/aromatic N) is 3. The van der Waals surface area contributed by atoms with Gasteiger partial charge >= 0.3 is 0 Å². The van der Waals surface area contributed by atoms with Crippen molar-refractivity contribution in [1.82, 2.24) is 9.97 Å². The number of hydrogen-bond acceptors (Lipinski definition) is 4. The van der Waals surface area contributed by atoms with Crippen LogP contribution in [0, 0.1) is 11.3 Å². The van der Waals surface area contributed by atoms with Crippen LogP contribution in [-0.4, -0.2) is 9.97 Å². The fourth-order valence-electron chi connectivity index (χ4n) is 1.51. The lowest BCUT2D eigenvalue weighted by atomic mass is 10.2. The van der Waals surface area contributed by atoms with E-state index in [-0.39, 0.29) is 0 Å². The van der Waals surface area contributed by atoms with Crippen molar-refractivity contribution in [3.63, 3.8) is 0 Å². The predicted molar refractivity (Wildman–Crippen MR) is 70.9 cm³/mol. The topological polar surface area (TPSA) is 61.6 Å². The van der Waals surface area contributed by atoms with Crippen LogP contribution in [0.25, 0.3) is 0 Å². The van der Waals surface area contributed by atoms with E-state index >= 15 is 0 Å². The highest BCUT2D eigenvalue weighted by atomic mass is 35.5. The van der Waals surface area contributed by atoms with Gasteiger partial charge in [0.05, 0.1) is 11.3 Å². The Morgan fingerprint density at radius 1 is 1.33 bits per heavy atom. The van der Waals surface area contributed by atoms with Crippen LogP contribution in [0.1, 0.15) is 18.3 Å². The van der Waals surface area contributed by atoms with Gasteiger partial charge in [0.15, 0.2) is 0 Å². The number of aromatic nitrogens is 2. The van der Waals surface area contributed by atoms with Crippen molar-refractivity contribution in [1.29, 1.82) is 5.26 Å². The summed E-state index contributed by atoms with van der Waals surface area (Å²) in [4.78, 5) is 8.39. The molecule has 0 fully saturated rings. The van der Waals surface area contributed by atoms with Gasteiger partial charge in [0.1, 0.15) is 22.9 Å². The average Bonchev–Trinajstić information content (AvgIpc) is 2.38. The van der Waals surface area contributed by atoms with Crippen molar-refractivity contribution in [3.05, 3.63) is 46.9 Å². The number of nitrogens with one attached hydrogen (secondary N) is 1. The van der Waals surface area contributed by atoms with E-state index in [9.17, 15) is 0 Å². The summed E-state index contributed by atoms with van der Waals surface area (Å²) in [6.07, 6.45) is 0.704. The molecule has 0 unspecified atom stereocenters. The molecular weight excluding hydrogens is 248 g/mol. The van der Waals surface area contributed by atoms with Gasteiger partial charge in [0.2, 0.25) is 0 Å². The van der Waals surface area contributed by atoms with E-state index in [0.717, 1.165) is 0 Å². The molecule has 0 aliphatic rings. The van der Waals surface area contributed by atoms with Gasteiger partial charge in [-0.2, -0.15) is 5.26 Å². The molecule has 0 amide bonds. The molecule has 4 nitrogen and oxygen atoms in total. The van der Waals surface area contributed by atoms with Crippen molar-refractivity contribution in [2.24, 2.45) is 0 Å². The molecule has 0 spiro atoms. The Morgan fingerprint density at radius 3 is 2.83 bits per heavy atom. The van der Waals surface area contributed by atoms with Crippen LogP contribution in [0.3, 0.4) is 0 Å². The van der Waals surface area contributed by atoms with E-state index in [2.05, 4.69) is 21.4 Å². The first-order valence-corrected chi connectivity index (χ1v) is 5.90. The third-order valence-corrected chi connectivity index (χ3v) is 2.56. The first kappa shape index (κ1) is 12.3. The second-order valence-electron chi connectivity index (χ2n) is 3.63. The van der Waals surface area contributed by atoms with Crippen molar-refractivity contribution < 1.29 is 0 Å². The minimum absolute atomic E-state index is 0.388. The summed E-state index contributed by atoms with van der Waals surface area (Å²) in [6, 6.07) is 11.0. The van der Waals surface area contributed by atoms with E-state index in [1.54, 1.807) is 12.1 Å². The van der Waals surface area contributed by atoms with Crippen LogP contribution in [0.2, 0.25) is 5.15 Å². The van der Waals surface area contributed by atoms with E-state index in [1.165, 1.54) is 0 Å². The van der Waals surface area contributed by atoms with Crippen LogP contribution in [0.4, 0.5) is 11.5 Å². The molecule has 0 saturated heterocycles. The second kappa shape index (κ2) is 5.48. The molecule has 0 bridgehead atoms. The Morgan fingerprint density at radius 2 is 2.11 bits per heavy atom. The van der Waals surface area contributed by atoms with Crippen LogP contribution < -0.4 is 5.32 Å². The van der Waals surface area contributed by atoms with E-state index < -0.39 is 0 Å². The van der Waals surface area contributed by atoms with Gasteiger partial charge in [0.25, 0.3) is 0 Å². The lowest BCUT2D eigenvalue weighted by Crippen LogP contribution is -2.00. The molecule has 90 valence electrons. The monoisotopic (exact) mass is 258 g/mol. The minimum atomic E-state index is 0.388. The van der Waals surface area contributed by atoms with Gasteiger partial charge in [-0.05, 0) is 12.1 Å². The Kier molecular flexibility index (Phi) is 3.75. The highest BCUT2D eigenvalue weighted by molar-refractivity contribution is 6.29. The summed E-state index contributed by atoms with van der Waals surface area (Å²) in [6.45, 7) is 1.96. The molecule has 0 saturated carbocycles. The Hall–Kier alpha value is -2.12. The molecule has 0 radical (unpaired) electrons. The maximum atomic E-state index is 9.00. The zero-order valence-corrected chi connectivity index (χ0v) is 10.6. The number of halogens is 1. The molecule has 2 rings (SSSR count). The van der Waals surface area contributed by atoms with Crippen molar-refractivity contribution in [2.75, 3.05) is 5.32 Å². The zero-order valence-electron chi connectivity index (χ0n) is 9.81. The molecular formula is C13H11ClN4. The first-order chi connectivity index (χ1) is 8.72. The molecule has 0 atom stereocenters. The second-order valence-corrected chi connectivity index (χ2v) is 4.02. The number of rotatable bonds is 3. The molecule has 2 aromatic rings. The number of anilines is 2. The summed E-state index contributed by atoms with van der Waals surface area (Å²) in [7, 11) is 0. The maximum absolute atomic E-state index is 9.00. The van der Waals surface area contributed by atoms with Gasteiger partial charge in [-0.1, -0.05) is 30.7 Å². The highest BCUT2D eigenvalue weighted by Gasteiger charge is 2.05. The Labute approximate surface area is 110 Å². The summed E-state index contributed by atoms with van der Waals surface area (Å²) in [5, 5.41) is 12.5. The van der Waals surface area contributed by atoms with Gasteiger partial charge in [-0.25, -0.2) is 9.97 Å². The van der Waals surface area contributed by atoms with Gasteiger partial charge < -0.3 is 5.32 Å². The van der Waals surface area contributed by atoms with E-state index in [4.69, 9.17) is 16.9 Å². The number of hydrogen-bond donors (Lipinski definition) is 1. The van der Waals surface area contributed by atoms with Crippen LogP contribution in [0.5, 0.6) is 0 Å². The van der Waals surface area contributed by atoms with Crippen LogP contribution in [-0.2, 0) is 6.42 Å². The molecule has 1 heterocycles. The standard InChI is InChI=1S/C13H11ClN4/c1-2-12-17-11(14)7-13(18-12)16-10-6-4-3-5-9(10)8-15/h3-7H,2H2,1H3,(H,16,17,18). The number of benzene rings is 1. The van der Waals surface area contributed by atoms with E-state index in [1.807, 2.05) is 25.1 Å². The third kappa shape index (κ3) is 2.76. The summed E-state index contributed by atoms with van der Waals surface area (Å²) in [5.74, 6) is 1.26. The Bertz CT molecular complexity index is 604. The first-order valence-electron chi connectivity index (χ1n) is 5.52. The number of nitriles is 1. The smallest absolute Gasteiger partial charge is 0.135 e. The quantitative estimate of drug-likeness (QED) is 0.858. The van der Waals surface area contributed by atoms with Crippen molar-refractivity contribution >= 4 is 23.1 Å². The van der Waals surface area contributed by atoms with Crippen LogP contribution in [0.15, 0.2) is 30.3 Å². The summed E-state index contributed by atoms with van der Waals surface area (Å²) in [5.41, 5.74) is 1.27. The largest absolute Gasteiger partial charge is 0.339 e. The minimum Gasteiger partial charge on any atom is -0.339 e. The van der Waals surface area contributed by atoms with Crippen LogP contribution >= 0.6 is 11.6 Å². The van der Waals surface area contributed by atoms with Crippen molar-refractivity contribution in [3.8, 4) is 6.07 Å². The lowest BCUT2D eigenvalue weighted by molar-refractivity contribution is 0.943. The van der Waals surface area contributed by atoms with Gasteiger partial charge in [-0.15, -0.1) is 0 Å². The molecule has 1 aromatic heterocycles. The fourth-order valence-corrected chi connectivity index (χ4v) is 1.72. The van der Waals surface area contributed by atoms with Gasteiger partial charge in [0, 0.05) is 12.5 Å². The summed E-state index contributed by atoms with van der Waals surface area (Å²) >= 11 is 5.91. The molecule has 5 heteroatoms. The number of aryl methyl sites for hydroxylation is 1. The van der Waals surface area contributed by atoms with Gasteiger partial charge in [-0.3, -0.25) is 0 Å². The zero-order chi connectivity index (χ0) is 13.0. The molecule has 18 heavy (non-hydrogen) atoms. The third-order valence-electron chi connectivity index (χ3n) is 2.37. The SMILES string of the molecule is CCc1nc(Cl)cc(Nc2ccccc2C#N)n1.